The predicted octanol–water partition coefficient (Wildman–Crippen LogP) is 3.12. The van der Waals surface area contributed by atoms with Gasteiger partial charge in [-0.15, -0.1) is 0 Å². The van der Waals surface area contributed by atoms with Gasteiger partial charge in [-0.2, -0.15) is 26.3 Å². The maximum absolute atomic E-state index is 12.6. The average Bonchev–Trinajstić information content (AvgIpc) is 2.22. The van der Waals surface area contributed by atoms with E-state index in [0.717, 1.165) is 5.32 Å². The second kappa shape index (κ2) is 5.47. The smallest absolute Gasteiger partial charge is 0.283 e. The van der Waals surface area contributed by atoms with Crippen LogP contribution in [0.1, 0.15) is 0 Å². The zero-order valence-electron chi connectivity index (χ0n) is 9.02. The zero-order chi connectivity index (χ0) is 13.8. The van der Waals surface area contributed by atoms with E-state index in [0.29, 0.717) is 0 Å². The molecule has 0 fully saturated rings. The van der Waals surface area contributed by atoms with E-state index in [-0.39, 0.29) is 10.6 Å². The van der Waals surface area contributed by atoms with Gasteiger partial charge in [-0.3, -0.25) is 4.90 Å². The molecule has 18 heavy (non-hydrogen) atoms. The molecule has 0 saturated heterocycles. The van der Waals surface area contributed by atoms with Gasteiger partial charge in [-0.25, -0.2) is 5.32 Å². The highest BCUT2D eigenvalue weighted by Gasteiger charge is 2.37. The maximum Gasteiger partial charge on any atom is 0.484 e. The van der Waals surface area contributed by atoms with Crippen LogP contribution in [0.5, 0.6) is 0 Å². The number of alkyl halides is 6. The summed E-state index contributed by atoms with van der Waals surface area (Å²) >= 11 is 0. The minimum atomic E-state index is -4.73. The molecule has 102 valence electrons. The van der Waals surface area contributed by atoms with Gasteiger partial charge in [0.15, 0.2) is 0 Å². The first-order valence-corrected chi connectivity index (χ1v) is 4.91. The van der Waals surface area contributed by atoms with E-state index in [2.05, 4.69) is 0 Å². The van der Waals surface area contributed by atoms with Crippen molar-refractivity contribution in [1.29, 1.82) is 0 Å². The molecule has 0 heterocycles. The minimum absolute atomic E-state index is 0.0499. The number of rotatable bonds is 4. The van der Waals surface area contributed by atoms with Crippen molar-refractivity contribution in [3.63, 3.8) is 0 Å². The summed E-state index contributed by atoms with van der Waals surface area (Å²) in [6.45, 7) is -1.68. The zero-order valence-corrected chi connectivity index (χ0v) is 9.02. The third-order valence-electron chi connectivity index (χ3n) is 2.03. The van der Waals surface area contributed by atoms with Gasteiger partial charge in [0.2, 0.25) is 0 Å². The molecular formula is C10H10F6N2. The van der Waals surface area contributed by atoms with Crippen molar-refractivity contribution in [2.75, 3.05) is 18.0 Å². The van der Waals surface area contributed by atoms with Crippen molar-refractivity contribution in [1.82, 2.24) is 5.32 Å². The van der Waals surface area contributed by atoms with Crippen LogP contribution < -0.4 is 10.2 Å². The van der Waals surface area contributed by atoms with Crippen LogP contribution in [-0.4, -0.2) is 25.7 Å². The van der Waals surface area contributed by atoms with Crippen LogP contribution in [0.4, 0.5) is 32.0 Å². The quantitative estimate of drug-likeness (QED) is 0.669. The molecule has 0 aromatic heterocycles. The fourth-order valence-corrected chi connectivity index (χ4v) is 1.32. The monoisotopic (exact) mass is 272 g/mol. The molecule has 1 aromatic carbocycles. The van der Waals surface area contributed by atoms with E-state index in [1.54, 1.807) is 0 Å². The number of hydrogen-bond donors (Lipinski definition) is 1. The highest BCUT2D eigenvalue weighted by Crippen LogP contribution is 2.27. The Morgan fingerprint density at radius 2 is 1.50 bits per heavy atom. The molecule has 0 radical (unpaired) electrons. The van der Waals surface area contributed by atoms with E-state index >= 15 is 0 Å². The topological polar surface area (TPSA) is 15.3 Å². The summed E-state index contributed by atoms with van der Waals surface area (Å²) in [4.78, 5) is -0.0499. The summed E-state index contributed by atoms with van der Waals surface area (Å²) < 4.78 is 73.3. The second-order valence-corrected chi connectivity index (χ2v) is 3.38. The van der Waals surface area contributed by atoms with Crippen LogP contribution >= 0.6 is 0 Å². The maximum atomic E-state index is 12.6. The molecule has 0 aliphatic rings. The van der Waals surface area contributed by atoms with Gasteiger partial charge in [0, 0.05) is 18.8 Å². The molecule has 2 nitrogen and oxygen atoms in total. The van der Waals surface area contributed by atoms with Crippen molar-refractivity contribution in [2.45, 2.75) is 12.6 Å². The second-order valence-electron chi connectivity index (χ2n) is 3.38. The molecule has 0 bridgehead atoms. The molecule has 1 rings (SSSR count). The normalized spacial score (nSPS) is 12.6. The molecule has 0 spiro atoms. The van der Waals surface area contributed by atoms with Crippen molar-refractivity contribution in [3.05, 3.63) is 30.3 Å². The molecule has 0 unspecified atom stereocenters. The Morgan fingerprint density at radius 1 is 0.944 bits per heavy atom. The molecule has 1 N–H and O–H groups in total. The number of halogens is 6. The number of nitrogens with one attached hydrogen (secondary N) is 1. The van der Waals surface area contributed by atoms with E-state index < -0.39 is 25.7 Å². The van der Waals surface area contributed by atoms with Gasteiger partial charge in [0.05, 0.1) is 0 Å². The van der Waals surface area contributed by atoms with Crippen molar-refractivity contribution < 1.29 is 26.3 Å². The first-order chi connectivity index (χ1) is 8.20. The molecule has 0 saturated carbocycles. The summed E-state index contributed by atoms with van der Waals surface area (Å²) in [5.41, 5.74) is -0.200. The number of nitrogens with zero attached hydrogens (tertiary/aromatic N) is 1. The summed E-state index contributed by atoms with van der Waals surface area (Å²) in [5, 5.41) is 1.05. The number of anilines is 1. The highest BCUT2D eigenvalue weighted by molar-refractivity contribution is 5.46. The Hall–Kier alpha value is -1.44. The van der Waals surface area contributed by atoms with Crippen LogP contribution in [0.3, 0.4) is 0 Å². The molecule has 0 atom stereocenters. The Morgan fingerprint density at radius 3 is 1.94 bits per heavy atom. The van der Waals surface area contributed by atoms with E-state index in [4.69, 9.17) is 0 Å². The van der Waals surface area contributed by atoms with Crippen LogP contribution in [-0.2, 0) is 0 Å². The molecular weight excluding hydrogens is 262 g/mol. The molecule has 0 aliphatic carbocycles. The molecule has 0 amide bonds. The predicted molar refractivity (Wildman–Crippen MR) is 53.9 cm³/mol. The van der Waals surface area contributed by atoms with Gasteiger partial charge in [0.1, 0.15) is 0 Å². The van der Waals surface area contributed by atoms with E-state index in [9.17, 15) is 26.3 Å². The Bertz CT molecular complexity index is 359. The standard InChI is InChI=1S/C10H10F6N2/c11-9(12,13)17-6-7-18(10(14,15)16)8-4-2-1-3-5-8/h1-5,17H,6-7H2. The fourth-order valence-electron chi connectivity index (χ4n) is 1.32. The minimum Gasteiger partial charge on any atom is -0.283 e. The molecule has 8 heteroatoms. The number of benzene rings is 1. The van der Waals surface area contributed by atoms with Crippen LogP contribution in [0.2, 0.25) is 0 Å². The summed E-state index contributed by atoms with van der Waals surface area (Å²) in [6.07, 6.45) is -9.41. The lowest BCUT2D eigenvalue weighted by Crippen LogP contribution is -2.45. The van der Waals surface area contributed by atoms with E-state index in [1.807, 2.05) is 0 Å². The lowest BCUT2D eigenvalue weighted by molar-refractivity contribution is -0.159. The Balaban J connectivity index is 2.70. The van der Waals surface area contributed by atoms with Gasteiger partial charge in [-0.05, 0) is 12.1 Å². The average molecular weight is 272 g/mol. The van der Waals surface area contributed by atoms with Crippen LogP contribution in [0.25, 0.3) is 0 Å². The fraction of sp³-hybridized carbons (Fsp3) is 0.400. The lowest BCUT2D eigenvalue weighted by atomic mass is 10.3. The summed E-state index contributed by atoms with van der Waals surface area (Å²) in [6, 6.07) is 6.64. The summed E-state index contributed by atoms with van der Waals surface area (Å²) in [5.74, 6) is 0. The first kappa shape index (κ1) is 14.6. The van der Waals surface area contributed by atoms with Gasteiger partial charge in [0.25, 0.3) is 0 Å². The molecule has 0 aliphatic heterocycles. The highest BCUT2D eigenvalue weighted by atomic mass is 19.4. The van der Waals surface area contributed by atoms with E-state index in [1.165, 1.54) is 30.3 Å². The Labute approximate surface area is 99.2 Å². The van der Waals surface area contributed by atoms with Crippen molar-refractivity contribution in [2.24, 2.45) is 0 Å². The van der Waals surface area contributed by atoms with Crippen molar-refractivity contribution >= 4 is 5.69 Å². The number of hydrogen-bond acceptors (Lipinski definition) is 2. The van der Waals surface area contributed by atoms with Crippen molar-refractivity contribution in [3.8, 4) is 0 Å². The summed E-state index contributed by atoms with van der Waals surface area (Å²) in [7, 11) is 0. The first-order valence-electron chi connectivity index (χ1n) is 4.91. The van der Waals surface area contributed by atoms with Gasteiger partial charge < -0.3 is 0 Å². The van der Waals surface area contributed by atoms with Gasteiger partial charge in [-0.1, -0.05) is 18.2 Å². The SMILES string of the molecule is FC(F)(F)NCCN(c1ccccc1)C(F)(F)F. The largest absolute Gasteiger partial charge is 0.484 e. The van der Waals surface area contributed by atoms with Crippen LogP contribution in [0, 0.1) is 0 Å². The lowest BCUT2D eigenvalue weighted by Gasteiger charge is -2.27. The third kappa shape index (κ3) is 4.82. The van der Waals surface area contributed by atoms with Gasteiger partial charge >= 0.3 is 12.6 Å². The van der Waals surface area contributed by atoms with Crippen LogP contribution in [0.15, 0.2) is 30.3 Å². The Kier molecular flexibility index (Phi) is 4.44. The molecule has 1 aromatic rings. The number of para-hydroxylation sites is 1. The third-order valence-corrected chi connectivity index (χ3v) is 2.03.